The van der Waals surface area contributed by atoms with E-state index in [1.54, 1.807) is 0 Å². The van der Waals surface area contributed by atoms with E-state index in [4.69, 9.17) is 0 Å². The van der Waals surface area contributed by atoms with Gasteiger partial charge in [-0.2, -0.15) is 0 Å². The van der Waals surface area contributed by atoms with Gasteiger partial charge in [-0.3, -0.25) is 0 Å². The molecule has 1 heterocycles. The van der Waals surface area contributed by atoms with Crippen molar-refractivity contribution in [3.63, 3.8) is 0 Å². The number of hydrogen-bond donors (Lipinski definition) is 0. The lowest BCUT2D eigenvalue weighted by molar-refractivity contribution is 0.608. The number of fused-ring (bicyclic) bond motifs is 5. The molecule has 2 heteroatoms. The summed E-state index contributed by atoms with van der Waals surface area (Å²) in [4.78, 5) is 5.07. The molecular weight excluding hydrogens is 695 g/mol. The van der Waals surface area contributed by atoms with E-state index in [0.29, 0.717) is 0 Å². The van der Waals surface area contributed by atoms with Crippen molar-refractivity contribution < 1.29 is 0 Å². The first-order valence-electron chi connectivity index (χ1n) is 19.6. The van der Waals surface area contributed by atoms with Crippen molar-refractivity contribution in [1.29, 1.82) is 0 Å². The van der Waals surface area contributed by atoms with Crippen LogP contribution in [0.25, 0.3) is 44.5 Å². The van der Waals surface area contributed by atoms with Gasteiger partial charge in [0, 0.05) is 37.7 Å². The molecule has 8 aromatic rings. The summed E-state index contributed by atoms with van der Waals surface area (Å²) < 4.78 is 0. The second-order valence-corrected chi connectivity index (χ2v) is 17.2. The summed E-state index contributed by atoms with van der Waals surface area (Å²) in [5.74, 6) is 0. The highest BCUT2D eigenvalue weighted by molar-refractivity contribution is 7.99. The molecule has 0 radical (unpaired) electrons. The fourth-order valence-corrected chi connectivity index (χ4v) is 10.6. The molecule has 0 aromatic heterocycles. The Morgan fingerprint density at radius 1 is 0.339 bits per heavy atom. The highest BCUT2D eigenvalue weighted by Gasteiger charge is 2.36. The van der Waals surface area contributed by atoms with E-state index < -0.39 is 0 Å². The molecule has 56 heavy (non-hydrogen) atoms. The van der Waals surface area contributed by atoms with E-state index in [0.717, 1.165) is 17.1 Å². The van der Waals surface area contributed by atoms with Crippen molar-refractivity contribution in [2.45, 2.75) is 48.3 Å². The Hall–Kier alpha value is -6.09. The molecule has 2 aliphatic rings. The van der Waals surface area contributed by atoms with E-state index in [2.05, 4.69) is 221 Å². The predicted molar refractivity (Wildman–Crippen MR) is 238 cm³/mol. The van der Waals surface area contributed by atoms with Crippen LogP contribution in [-0.2, 0) is 10.8 Å². The molecule has 0 atom stereocenters. The molecule has 0 amide bonds. The van der Waals surface area contributed by atoms with Crippen molar-refractivity contribution in [2.75, 3.05) is 4.90 Å². The van der Waals surface area contributed by atoms with Crippen molar-refractivity contribution >= 4 is 28.8 Å². The largest absolute Gasteiger partial charge is 0.311 e. The number of hydrogen-bond acceptors (Lipinski definition) is 2. The van der Waals surface area contributed by atoms with Crippen LogP contribution in [0, 0.1) is 0 Å². The van der Waals surface area contributed by atoms with Gasteiger partial charge in [0.05, 0.1) is 0 Å². The summed E-state index contributed by atoms with van der Waals surface area (Å²) >= 11 is 1.90. The Morgan fingerprint density at radius 3 is 1.48 bits per heavy atom. The summed E-state index contributed by atoms with van der Waals surface area (Å²) in [5, 5.41) is 0. The second-order valence-electron chi connectivity index (χ2n) is 16.2. The zero-order chi connectivity index (χ0) is 38.0. The minimum absolute atomic E-state index is 0.0326. The van der Waals surface area contributed by atoms with Crippen LogP contribution in [0.1, 0.15) is 49.9 Å². The first-order valence-corrected chi connectivity index (χ1v) is 20.4. The molecule has 10 rings (SSSR count). The monoisotopic (exact) mass is 737 g/mol. The molecule has 0 saturated heterocycles. The molecule has 1 nitrogen and oxygen atoms in total. The van der Waals surface area contributed by atoms with Crippen LogP contribution in [0.5, 0.6) is 0 Å². The quantitative estimate of drug-likeness (QED) is 0.167. The van der Waals surface area contributed by atoms with Crippen LogP contribution < -0.4 is 4.90 Å². The fraction of sp³-hybridized carbons (Fsp3) is 0.111. The van der Waals surface area contributed by atoms with E-state index >= 15 is 0 Å². The summed E-state index contributed by atoms with van der Waals surface area (Å²) in [6.07, 6.45) is 0. The average Bonchev–Trinajstić information content (AvgIpc) is 3.47. The maximum atomic E-state index is 2.41. The molecule has 0 saturated carbocycles. The normalized spacial score (nSPS) is 14.3. The Balaban J connectivity index is 1.02. The first-order chi connectivity index (χ1) is 27.3. The van der Waals surface area contributed by atoms with E-state index in [9.17, 15) is 0 Å². The smallest absolute Gasteiger partial charge is 0.0462 e. The lowest BCUT2D eigenvalue weighted by Crippen LogP contribution is -2.23. The third-order valence-corrected chi connectivity index (χ3v) is 13.4. The van der Waals surface area contributed by atoms with E-state index in [1.807, 2.05) is 11.8 Å². The van der Waals surface area contributed by atoms with Gasteiger partial charge in [-0.25, -0.2) is 0 Å². The molecule has 1 aliphatic carbocycles. The van der Waals surface area contributed by atoms with Crippen LogP contribution >= 0.6 is 11.8 Å². The van der Waals surface area contributed by atoms with Gasteiger partial charge in [0.25, 0.3) is 0 Å². The standard InChI is InChI=1S/C54H43NS/c1-53(2)47-17-9-8-15-45(47)46-34-27-40(35-50(46)53)38-23-30-42(31-24-38)55(41-28-21-37(22-29-41)36-13-6-5-7-14-36)43-32-25-39(26-33-43)44-16-12-19-49-52(44)56-51-20-11-10-18-48(51)54(49,3)4/h5-35H,1-4H3. The number of anilines is 3. The van der Waals surface area contributed by atoms with Gasteiger partial charge >= 0.3 is 0 Å². The fourth-order valence-electron chi connectivity index (χ4n) is 9.05. The molecule has 8 aromatic carbocycles. The minimum Gasteiger partial charge on any atom is -0.311 e. The van der Waals surface area contributed by atoms with Gasteiger partial charge in [0.15, 0.2) is 0 Å². The zero-order valence-electron chi connectivity index (χ0n) is 32.3. The molecule has 1 aliphatic heterocycles. The van der Waals surface area contributed by atoms with Crippen LogP contribution in [0.3, 0.4) is 0 Å². The Bertz CT molecular complexity index is 2740. The lowest BCUT2D eigenvalue weighted by atomic mass is 9.77. The van der Waals surface area contributed by atoms with E-state index in [1.165, 1.54) is 76.6 Å². The lowest BCUT2D eigenvalue weighted by Gasteiger charge is -2.35. The molecular formula is C54H43NS. The van der Waals surface area contributed by atoms with E-state index in [-0.39, 0.29) is 10.8 Å². The topological polar surface area (TPSA) is 3.24 Å². The number of benzene rings is 8. The molecule has 270 valence electrons. The van der Waals surface area contributed by atoms with Crippen molar-refractivity contribution in [1.82, 2.24) is 0 Å². The highest BCUT2D eigenvalue weighted by Crippen LogP contribution is 2.53. The van der Waals surface area contributed by atoms with Gasteiger partial charge < -0.3 is 4.90 Å². The molecule has 0 bridgehead atoms. The van der Waals surface area contributed by atoms with Gasteiger partial charge in [-0.15, -0.1) is 0 Å². The van der Waals surface area contributed by atoms with Gasteiger partial charge in [-0.05, 0) is 115 Å². The number of rotatable bonds is 6. The molecule has 0 spiro atoms. The highest BCUT2D eigenvalue weighted by atomic mass is 32.2. The van der Waals surface area contributed by atoms with Crippen LogP contribution in [0.15, 0.2) is 198 Å². The predicted octanol–water partition coefficient (Wildman–Crippen LogP) is 15.3. The summed E-state index contributed by atoms with van der Waals surface area (Å²) in [5.41, 5.74) is 18.9. The van der Waals surface area contributed by atoms with Crippen LogP contribution in [0.2, 0.25) is 0 Å². The SMILES string of the molecule is CC1(C)c2ccccc2-c2ccc(-c3ccc(N(c4ccc(-c5ccccc5)cc4)c4ccc(-c5cccc6c5Sc5ccccc5C6(C)C)cc4)cc3)cc21. The maximum absolute atomic E-state index is 2.41. The number of nitrogens with zero attached hydrogens (tertiary/aromatic N) is 1. The summed E-state index contributed by atoms with van der Waals surface area (Å²) in [6.45, 7) is 9.41. The van der Waals surface area contributed by atoms with Crippen LogP contribution in [-0.4, -0.2) is 0 Å². The van der Waals surface area contributed by atoms with Gasteiger partial charge in [-0.1, -0.05) is 179 Å². The van der Waals surface area contributed by atoms with Gasteiger partial charge in [0.2, 0.25) is 0 Å². The van der Waals surface area contributed by atoms with Crippen molar-refractivity contribution in [2.24, 2.45) is 0 Å². The zero-order valence-corrected chi connectivity index (χ0v) is 33.1. The van der Waals surface area contributed by atoms with Gasteiger partial charge in [0.1, 0.15) is 0 Å². The third-order valence-electron chi connectivity index (χ3n) is 12.2. The third kappa shape index (κ3) is 5.62. The van der Waals surface area contributed by atoms with Crippen molar-refractivity contribution in [3.8, 4) is 44.5 Å². The molecule has 0 N–H and O–H groups in total. The Kier molecular flexibility index (Phi) is 8.16. The molecule has 0 fully saturated rings. The minimum atomic E-state index is -0.0665. The van der Waals surface area contributed by atoms with Crippen molar-refractivity contribution in [3.05, 3.63) is 210 Å². The summed E-state index contributed by atoms with van der Waals surface area (Å²) in [7, 11) is 0. The average molecular weight is 738 g/mol. The second kappa shape index (κ2) is 13.3. The Morgan fingerprint density at radius 2 is 0.804 bits per heavy atom. The first kappa shape index (κ1) is 34.4. The maximum Gasteiger partial charge on any atom is 0.0462 e. The Labute approximate surface area is 335 Å². The molecule has 0 unspecified atom stereocenters. The summed E-state index contributed by atoms with van der Waals surface area (Å²) in [6, 6.07) is 69.3. The van der Waals surface area contributed by atoms with Crippen LogP contribution in [0.4, 0.5) is 17.1 Å².